The minimum Gasteiger partial charge on any atom is -0.350 e. The minimum absolute atomic E-state index is 0.169. The molecule has 0 bridgehead atoms. The van der Waals surface area contributed by atoms with Gasteiger partial charge in [0.15, 0.2) is 0 Å². The molecule has 1 heterocycles. The standard InChI is InChI=1S/C15H15N3O2/c1-11(8-9-16)18(2)15(19)14-10-13(17-20-14)12-6-4-3-5-7-12/h3-7,10-11H,8H2,1-2H3. The van der Waals surface area contributed by atoms with Crippen LogP contribution in [0.5, 0.6) is 0 Å². The molecule has 1 aromatic heterocycles. The fourth-order valence-electron chi connectivity index (χ4n) is 1.76. The van der Waals surface area contributed by atoms with E-state index in [0.29, 0.717) is 5.69 Å². The first-order valence-electron chi connectivity index (χ1n) is 6.29. The van der Waals surface area contributed by atoms with Gasteiger partial charge in [0.2, 0.25) is 5.76 Å². The second-order valence-corrected chi connectivity index (χ2v) is 4.57. The van der Waals surface area contributed by atoms with E-state index >= 15 is 0 Å². The third kappa shape index (κ3) is 2.86. The van der Waals surface area contributed by atoms with Crippen molar-refractivity contribution in [1.29, 1.82) is 5.26 Å². The van der Waals surface area contributed by atoms with Crippen molar-refractivity contribution < 1.29 is 9.32 Å². The Morgan fingerprint density at radius 1 is 1.45 bits per heavy atom. The van der Waals surface area contributed by atoms with Crippen molar-refractivity contribution in [3.63, 3.8) is 0 Å². The average Bonchev–Trinajstić information content (AvgIpc) is 2.96. The molecule has 1 amide bonds. The number of nitriles is 1. The van der Waals surface area contributed by atoms with Crippen molar-refractivity contribution in [2.24, 2.45) is 0 Å². The highest BCUT2D eigenvalue weighted by Crippen LogP contribution is 2.19. The van der Waals surface area contributed by atoms with Crippen molar-refractivity contribution in [2.45, 2.75) is 19.4 Å². The first kappa shape index (κ1) is 13.8. The van der Waals surface area contributed by atoms with E-state index < -0.39 is 0 Å². The van der Waals surface area contributed by atoms with E-state index in [-0.39, 0.29) is 24.1 Å². The minimum atomic E-state index is -0.276. The summed E-state index contributed by atoms with van der Waals surface area (Å²) in [6, 6.07) is 13.0. The molecule has 0 aliphatic rings. The molecule has 2 rings (SSSR count). The van der Waals surface area contributed by atoms with Crippen molar-refractivity contribution in [3.05, 3.63) is 42.2 Å². The first-order chi connectivity index (χ1) is 9.63. The number of carbonyl (C=O) groups excluding carboxylic acids is 1. The summed E-state index contributed by atoms with van der Waals surface area (Å²) in [6.45, 7) is 1.82. The molecular formula is C15H15N3O2. The summed E-state index contributed by atoms with van der Waals surface area (Å²) in [4.78, 5) is 13.7. The van der Waals surface area contributed by atoms with Crippen molar-refractivity contribution in [1.82, 2.24) is 10.1 Å². The molecule has 5 nitrogen and oxygen atoms in total. The van der Waals surface area contributed by atoms with E-state index in [1.54, 1.807) is 13.1 Å². The molecule has 0 N–H and O–H groups in total. The second kappa shape index (κ2) is 6.02. The summed E-state index contributed by atoms with van der Waals surface area (Å²) < 4.78 is 5.11. The average molecular weight is 269 g/mol. The maximum absolute atomic E-state index is 12.2. The van der Waals surface area contributed by atoms with Crippen LogP contribution in [-0.2, 0) is 0 Å². The lowest BCUT2D eigenvalue weighted by molar-refractivity contribution is 0.0704. The zero-order chi connectivity index (χ0) is 14.5. The van der Waals surface area contributed by atoms with E-state index in [1.807, 2.05) is 43.3 Å². The number of carbonyl (C=O) groups is 1. The van der Waals surface area contributed by atoms with Crippen molar-refractivity contribution >= 4 is 5.91 Å². The van der Waals surface area contributed by atoms with Gasteiger partial charge in [-0.2, -0.15) is 5.26 Å². The zero-order valence-electron chi connectivity index (χ0n) is 11.4. The molecule has 1 aromatic carbocycles. The van der Waals surface area contributed by atoms with Gasteiger partial charge in [0.05, 0.1) is 12.5 Å². The maximum Gasteiger partial charge on any atom is 0.292 e. The van der Waals surface area contributed by atoms with Gasteiger partial charge in [0, 0.05) is 24.7 Å². The van der Waals surface area contributed by atoms with E-state index in [4.69, 9.17) is 9.78 Å². The molecule has 0 aliphatic carbocycles. The summed E-state index contributed by atoms with van der Waals surface area (Å²) >= 11 is 0. The molecule has 1 atom stereocenters. The molecule has 20 heavy (non-hydrogen) atoms. The lowest BCUT2D eigenvalue weighted by Crippen LogP contribution is -2.34. The number of benzene rings is 1. The first-order valence-corrected chi connectivity index (χ1v) is 6.29. The molecule has 0 fully saturated rings. The predicted octanol–water partition coefficient (Wildman–Crippen LogP) is 2.72. The van der Waals surface area contributed by atoms with Crippen LogP contribution in [-0.4, -0.2) is 29.1 Å². The Hall–Kier alpha value is -2.61. The van der Waals surface area contributed by atoms with E-state index in [1.165, 1.54) is 4.90 Å². The van der Waals surface area contributed by atoms with Gasteiger partial charge in [-0.25, -0.2) is 0 Å². The van der Waals surface area contributed by atoms with Crippen LogP contribution in [0.15, 0.2) is 40.9 Å². The van der Waals surface area contributed by atoms with Crippen LogP contribution in [0, 0.1) is 11.3 Å². The van der Waals surface area contributed by atoms with Crippen LogP contribution in [0.1, 0.15) is 23.9 Å². The fraction of sp³-hybridized carbons (Fsp3) is 0.267. The van der Waals surface area contributed by atoms with Gasteiger partial charge in [0.1, 0.15) is 5.69 Å². The lowest BCUT2D eigenvalue weighted by Gasteiger charge is -2.21. The van der Waals surface area contributed by atoms with Gasteiger partial charge >= 0.3 is 0 Å². The molecule has 0 saturated heterocycles. The molecule has 0 radical (unpaired) electrons. The molecular weight excluding hydrogens is 254 g/mol. The van der Waals surface area contributed by atoms with E-state index in [2.05, 4.69) is 5.16 Å². The summed E-state index contributed by atoms with van der Waals surface area (Å²) in [6.07, 6.45) is 0.280. The molecule has 2 aromatic rings. The van der Waals surface area contributed by atoms with Crippen LogP contribution >= 0.6 is 0 Å². The Morgan fingerprint density at radius 2 is 2.15 bits per heavy atom. The second-order valence-electron chi connectivity index (χ2n) is 4.57. The topological polar surface area (TPSA) is 70.1 Å². The Bertz CT molecular complexity index is 628. The highest BCUT2D eigenvalue weighted by molar-refractivity contribution is 5.92. The number of hydrogen-bond acceptors (Lipinski definition) is 4. The van der Waals surface area contributed by atoms with Crippen LogP contribution in [0.2, 0.25) is 0 Å². The Balaban J connectivity index is 2.17. The van der Waals surface area contributed by atoms with Gasteiger partial charge < -0.3 is 9.42 Å². The molecule has 1 unspecified atom stereocenters. The quantitative estimate of drug-likeness (QED) is 0.855. The SMILES string of the molecule is CC(CC#N)N(C)C(=O)c1cc(-c2ccccc2)no1. The molecule has 0 spiro atoms. The normalized spacial score (nSPS) is 11.7. The Kier molecular flexibility index (Phi) is 4.16. The third-order valence-corrected chi connectivity index (χ3v) is 3.16. The number of aromatic nitrogens is 1. The number of hydrogen-bond donors (Lipinski definition) is 0. The summed E-state index contributed by atoms with van der Waals surface area (Å²) in [5.41, 5.74) is 1.51. The number of amides is 1. The van der Waals surface area contributed by atoms with Crippen LogP contribution in [0.4, 0.5) is 0 Å². The lowest BCUT2D eigenvalue weighted by atomic mass is 10.1. The van der Waals surface area contributed by atoms with E-state index in [9.17, 15) is 4.79 Å². The molecule has 0 saturated carbocycles. The zero-order valence-corrected chi connectivity index (χ0v) is 11.4. The Labute approximate surface area is 117 Å². The van der Waals surface area contributed by atoms with Gasteiger partial charge in [-0.3, -0.25) is 4.79 Å². The monoisotopic (exact) mass is 269 g/mol. The highest BCUT2D eigenvalue weighted by atomic mass is 16.5. The summed E-state index contributed by atoms with van der Waals surface area (Å²) in [7, 11) is 1.65. The van der Waals surface area contributed by atoms with Crippen LogP contribution in [0.25, 0.3) is 11.3 Å². The van der Waals surface area contributed by atoms with Gasteiger partial charge in [-0.05, 0) is 6.92 Å². The van der Waals surface area contributed by atoms with Gasteiger partial charge in [0.25, 0.3) is 5.91 Å². The van der Waals surface area contributed by atoms with Crippen LogP contribution in [0.3, 0.4) is 0 Å². The fourth-order valence-corrected chi connectivity index (χ4v) is 1.76. The Morgan fingerprint density at radius 3 is 2.80 bits per heavy atom. The highest BCUT2D eigenvalue weighted by Gasteiger charge is 2.21. The molecule has 5 heteroatoms. The number of rotatable bonds is 4. The summed E-state index contributed by atoms with van der Waals surface area (Å²) in [5, 5.41) is 12.6. The molecule has 102 valence electrons. The number of nitrogens with zero attached hydrogens (tertiary/aromatic N) is 3. The predicted molar refractivity (Wildman–Crippen MR) is 73.7 cm³/mol. The van der Waals surface area contributed by atoms with Crippen molar-refractivity contribution in [2.75, 3.05) is 7.05 Å². The van der Waals surface area contributed by atoms with Crippen molar-refractivity contribution in [3.8, 4) is 17.3 Å². The largest absolute Gasteiger partial charge is 0.350 e. The summed E-state index contributed by atoms with van der Waals surface area (Å²) in [5.74, 6) is -0.0985. The molecule has 0 aliphatic heterocycles. The third-order valence-electron chi connectivity index (χ3n) is 3.16. The maximum atomic E-state index is 12.2. The van der Waals surface area contributed by atoms with Gasteiger partial charge in [-0.1, -0.05) is 35.5 Å². The van der Waals surface area contributed by atoms with E-state index in [0.717, 1.165) is 5.56 Å². The van der Waals surface area contributed by atoms with Gasteiger partial charge in [-0.15, -0.1) is 0 Å². The smallest absolute Gasteiger partial charge is 0.292 e. The van der Waals surface area contributed by atoms with Crippen LogP contribution < -0.4 is 0 Å².